The SMILES string of the molecule is CCNC(=NCCCNC(=O)OC(C)(C)C)NCCCOCc1ccc(OC)cc1. The smallest absolute Gasteiger partial charge is 0.407 e. The van der Waals surface area contributed by atoms with Crippen molar-refractivity contribution in [2.45, 2.75) is 52.7 Å². The van der Waals surface area contributed by atoms with E-state index >= 15 is 0 Å². The molecule has 0 saturated heterocycles. The maximum absolute atomic E-state index is 11.6. The Labute approximate surface area is 180 Å². The number of amides is 1. The second-order valence-corrected chi connectivity index (χ2v) is 7.72. The summed E-state index contributed by atoms with van der Waals surface area (Å²) in [5.41, 5.74) is 0.640. The van der Waals surface area contributed by atoms with Crippen LogP contribution in [0.5, 0.6) is 5.75 Å². The van der Waals surface area contributed by atoms with Crippen LogP contribution in [0, 0.1) is 0 Å². The van der Waals surface area contributed by atoms with E-state index in [1.165, 1.54) is 0 Å². The molecule has 8 nitrogen and oxygen atoms in total. The molecule has 0 bridgehead atoms. The average molecular weight is 423 g/mol. The lowest BCUT2D eigenvalue weighted by Crippen LogP contribution is -2.38. The lowest BCUT2D eigenvalue weighted by atomic mass is 10.2. The third-order valence-electron chi connectivity index (χ3n) is 3.80. The number of ether oxygens (including phenoxy) is 3. The molecule has 30 heavy (non-hydrogen) atoms. The van der Waals surface area contributed by atoms with Crippen molar-refractivity contribution in [3.63, 3.8) is 0 Å². The van der Waals surface area contributed by atoms with E-state index in [1.807, 2.05) is 52.0 Å². The van der Waals surface area contributed by atoms with Gasteiger partial charge in [0.25, 0.3) is 0 Å². The number of carbonyl (C=O) groups is 1. The molecule has 8 heteroatoms. The first-order valence-corrected chi connectivity index (χ1v) is 10.5. The van der Waals surface area contributed by atoms with Gasteiger partial charge in [-0.05, 0) is 58.2 Å². The summed E-state index contributed by atoms with van der Waals surface area (Å²) in [4.78, 5) is 16.1. The van der Waals surface area contributed by atoms with Crippen molar-refractivity contribution < 1.29 is 19.0 Å². The van der Waals surface area contributed by atoms with Crippen molar-refractivity contribution in [1.82, 2.24) is 16.0 Å². The van der Waals surface area contributed by atoms with E-state index in [2.05, 4.69) is 20.9 Å². The van der Waals surface area contributed by atoms with Gasteiger partial charge in [0.05, 0.1) is 13.7 Å². The summed E-state index contributed by atoms with van der Waals surface area (Å²) in [6, 6.07) is 7.88. The lowest BCUT2D eigenvalue weighted by molar-refractivity contribution is 0.0527. The number of nitrogens with zero attached hydrogens (tertiary/aromatic N) is 1. The molecule has 0 spiro atoms. The predicted molar refractivity (Wildman–Crippen MR) is 120 cm³/mol. The molecule has 0 atom stereocenters. The van der Waals surface area contributed by atoms with E-state index in [9.17, 15) is 4.79 Å². The summed E-state index contributed by atoms with van der Waals surface area (Å²) in [5.74, 6) is 1.61. The molecule has 0 aromatic heterocycles. The van der Waals surface area contributed by atoms with Gasteiger partial charge in [-0.1, -0.05) is 12.1 Å². The Kier molecular flexibility index (Phi) is 12.3. The van der Waals surface area contributed by atoms with Crippen LogP contribution in [0.1, 0.15) is 46.1 Å². The van der Waals surface area contributed by atoms with Gasteiger partial charge in [0.1, 0.15) is 11.4 Å². The molecule has 0 radical (unpaired) electrons. The number of nitrogens with one attached hydrogen (secondary N) is 3. The molecule has 0 aliphatic rings. The lowest BCUT2D eigenvalue weighted by Gasteiger charge is -2.19. The van der Waals surface area contributed by atoms with E-state index in [1.54, 1.807) is 7.11 Å². The van der Waals surface area contributed by atoms with Crippen molar-refractivity contribution in [2.75, 3.05) is 39.9 Å². The Balaban J connectivity index is 2.16. The second-order valence-electron chi connectivity index (χ2n) is 7.72. The van der Waals surface area contributed by atoms with Crippen molar-refractivity contribution in [3.05, 3.63) is 29.8 Å². The van der Waals surface area contributed by atoms with Crippen LogP contribution in [-0.2, 0) is 16.1 Å². The van der Waals surface area contributed by atoms with Crippen LogP contribution in [0.4, 0.5) is 4.79 Å². The van der Waals surface area contributed by atoms with E-state index in [0.29, 0.717) is 26.3 Å². The van der Waals surface area contributed by atoms with Crippen LogP contribution in [0.2, 0.25) is 0 Å². The van der Waals surface area contributed by atoms with Gasteiger partial charge < -0.3 is 30.2 Å². The summed E-state index contributed by atoms with van der Waals surface area (Å²) in [6.07, 6.45) is 1.22. The average Bonchev–Trinajstić information content (AvgIpc) is 2.69. The summed E-state index contributed by atoms with van der Waals surface area (Å²) in [6.45, 7) is 11.5. The van der Waals surface area contributed by atoms with Crippen LogP contribution < -0.4 is 20.7 Å². The number of guanidine groups is 1. The fraction of sp³-hybridized carbons (Fsp3) is 0.636. The summed E-state index contributed by atoms with van der Waals surface area (Å²) < 4.78 is 16.1. The Morgan fingerprint density at radius 3 is 2.37 bits per heavy atom. The van der Waals surface area contributed by atoms with Gasteiger partial charge in [-0.15, -0.1) is 0 Å². The number of rotatable bonds is 12. The third-order valence-corrected chi connectivity index (χ3v) is 3.80. The number of carbonyl (C=O) groups excluding carboxylic acids is 1. The summed E-state index contributed by atoms with van der Waals surface area (Å²) in [5, 5.41) is 9.25. The number of aliphatic imine (C=N–C) groups is 1. The number of hydrogen-bond acceptors (Lipinski definition) is 5. The van der Waals surface area contributed by atoms with Gasteiger partial charge in [0.15, 0.2) is 5.96 Å². The topological polar surface area (TPSA) is 93.2 Å². The molecule has 0 unspecified atom stereocenters. The Morgan fingerprint density at radius 1 is 1.03 bits per heavy atom. The molecule has 0 aliphatic carbocycles. The summed E-state index contributed by atoms with van der Waals surface area (Å²) >= 11 is 0. The Hall–Kier alpha value is -2.48. The highest BCUT2D eigenvalue weighted by atomic mass is 16.6. The fourth-order valence-electron chi connectivity index (χ4n) is 2.41. The normalized spacial score (nSPS) is 11.7. The Bertz CT molecular complexity index is 627. The molecule has 0 saturated carbocycles. The molecule has 1 amide bonds. The molecule has 170 valence electrons. The highest BCUT2D eigenvalue weighted by Crippen LogP contribution is 2.11. The molecule has 1 rings (SSSR count). The van der Waals surface area contributed by atoms with Crippen LogP contribution in [0.25, 0.3) is 0 Å². The standard InChI is InChI=1S/C22H38N4O4/c1-6-23-20(24-13-7-14-26-21(27)30-22(2,3)4)25-15-8-16-29-17-18-9-11-19(28-5)12-10-18/h9-12H,6-8,13-17H2,1-5H3,(H,26,27)(H2,23,24,25). The molecular weight excluding hydrogens is 384 g/mol. The quantitative estimate of drug-likeness (QED) is 0.272. The van der Waals surface area contributed by atoms with E-state index in [-0.39, 0.29) is 0 Å². The minimum absolute atomic E-state index is 0.397. The Morgan fingerprint density at radius 2 is 1.73 bits per heavy atom. The zero-order valence-corrected chi connectivity index (χ0v) is 19.0. The molecule has 3 N–H and O–H groups in total. The molecular formula is C22H38N4O4. The minimum atomic E-state index is -0.483. The number of methoxy groups -OCH3 is 1. The number of benzene rings is 1. The second kappa shape index (κ2) is 14.5. The maximum Gasteiger partial charge on any atom is 0.407 e. The van der Waals surface area contributed by atoms with Crippen LogP contribution >= 0.6 is 0 Å². The van der Waals surface area contributed by atoms with Gasteiger partial charge >= 0.3 is 6.09 Å². The van der Waals surface area contributed by atoms with Gasteiger partial charge in [-0.3, -0.25) is 4.99 Å². The predicted octanol–water partition coefficient (Wildman–Crippen LogP) is 3.07. The van der Waals surface area contributed by atoms with Crippen molar-refractivity contribution in [2.24, 2.45) is 4.99 Å². The molecule has 0 aliphatic heterocycles. The first-order chi connectivity index (χ1) is 14.3. The van der Waals surface area contributed by atoms with Crippen LogP contribution in [0.3, 0.4) is 0 Å². The minimum Gasteiger partial charge on any atom is -0.497 e. The van der Waals surface area contributed by atoms with Crippen LogP contribution in [-0.4, -0.2) is 57.5 Å². The summed E-state index contributed by atoms with van der Waals surface area (Å²) in [7, 11) is 1.66. The maximum atomic E-state index is 11.6. The highest BCUT2D eigenvalue weighted by molar-refractivity contribution is 5.79. The van der Waals surface area contributed by atoms with Crippen molar-refractivity contribution in [3.8, 4) is 5.75 Å². The number of hydrogen-bond donors (Lipinski definition) is 3. The third kappa shape index (κ3) is 12.9. The highest BCUT2D eigenvalue weighted by Gasteiger charge is 2.15. The fourth-order valence-corrected chi connectivity index (χ4v) is 2.41. The molecule has 0 heterocycles. The van der Waals surface area contributed by atoms with Crippen molar-refractivity contribution in [1.29, 1.82) is 0 Å². The van der Waals surface area contributed by atoms with Crippen molar-refractivity contribution >= 4 is 12.1 Å². The zero-order valence-electron chi connectivity index (χ0n) is 19.0. The molecule has 1 aromatic rings. The monoisotopic (exact) mass is 422 g/mol. The zero-order chi connectivity index (χ0) is 22.2. The van der Waals surface area contributed by atoms with Gasteiger partial charge in [0.2, 0.25) is 0 Å². The van der Waals surface area contributed by atoms with E-state index < -0.39 is 11.7 Å². The van der Waals surface area contributed by atoms with E-state index in [4.69, 9.17) is 14.2 Å². The van der Waals surface area contributed by atoms with Gasteiger partial charge in [-0.2, -0.15) is 0 Å². The number of alkyl carbamates (subject to hydrolysis) is 1. The molecule has 0 fully saturated rings. The largest absolute Gasteiger partial charge is 0.497 e. The first-order valence-electron chi connectivity index (χ1n) is 10.5. The first kappa shape index (κ1) is 25.6. The van der Waals surface area contributed by atoms with Gasteiger partial charge in [-0.25, -0.2) is 4.79 Å². The van der Waals surface area contributed by atoms with Gasteiger partial charge in [0, 0.05) is 32.8 Å². The van der Waals surface area contributed by atoms with Crippen LogP contribution in [0.15, 0.2) is 29.3 Å². The molecule has 1 aromatic carbocycles. The van der Waals surface area contributed by atoms with E-state index in [0.717, 1.165) is 43.2 Å².